The van der Waals surface area contributed by atoms with E-state index < -0.39 is 6.10 Å². The highest BCUT2D eigenvalue weighted by atomic mass is 16.5. The maximum Gasteiger partial charge on any atom is 0.262 e. The van der Waals surface area contributed by atoms with Gasteiger partial charge in [0.15, 0.2) is 6.61 Å². The molecule has 6 nitrogen and oxygen atoms in total. The van der Waals surface area contributed by atoms with Crippen molar-refractivity contribution in [2.45, 2.75) is 39.7 Å². The molecule has 0 spiro atoms. The van der Waals surface area contributed by atoms with E-state index >= 15 is 0 Å². The van der Waals surface area contributed by atoms with Crippen LogP contribution in [0.5, 0.6) is 5.75 Å². The van der Waals surface area contributed by atoms with E-state index in [2.05, 4.69) is 24.5 Å². The van der Waals surface area contributed by atoms with Crippen LogP contribution in [0.25, 0.3) is 0 Å². The highest BCUT2D eigenvalue weighted by Crippen LogP contribution is 2.27. The van der Waals surface area contributed by atoms with Crippen LogP contribution in [-0.2, 0) is 4.79 Å². The molecule has 150 valence electrons. The molecule has 0 heterocycles. The van der Waals surface area contributed by atoms with Gasteiger partial charge in [0.05, 0.1) is 6.10 Å². The molecule has 0 aliphatic rings. The summed E-state index contributed by atoms with van der Waals surface area (Å²) in [7, 11) is 0. The number of rotatable bonds is 8. The second-order valence-electron chi connectivity index (χ2n) is 7.12. The average molecular weight is 384 g/mol. The van der Waals surface area contributed by atoms with Gasteiger partial charge in [-0.1, -0.05) is 38.1 Å². The molecule has 1 unspecified atom stereocenters. The molecular weight excluding hydrogens is 356 g/mol. The number of hydrogen-bond acceptors (Lipinski definition) is 4. The summed E-state index contributed by atoms with van der Waals surface area (Å²) < 4.78 is 5.56. The van der Waals surface area contributed by atoms with Crippen molar-refractivity contribution >= 4 is 17.5 Å². The Morgan fingerprint density at radius 1 is 1.11 bits per heavy atom. The molecule has 0 fully saturated rings. The number of anilines is 1. The quantitative estimate of drug-likeness (QED) is 0.652. The molecule has 2 rings (SSSR count). The van der Waals surface area contributed by atoms with Crippen LogP contribution in [0.1, 0.15) is 48.2 Å². The van der Waals surface area contributed by atoms with E-state index in [1.54, 1.807) is 31.2 Å². The number of para-hydroxylation sites is 1. The highest BCUT2D eigenvalue weighted by molar-refractivity contribution is 5.95. The van der Waals surface area contributed by atoms with Crippen molar-refractivity contribution < 1.29 is 19.4 Å². The zero-order chi connectivity index (χ0) is 20.7. The third-order valence-electron chi connectivity index (χ3n) is 4.22. The minimum atomic E-state index is -0.621. The lowest BCUT2D eigenvalue weighted by molar-refractivity contribution is -0.118. The zero-order valence-electron chi connectivity index (χ0n) is 16.8. The molecule has 0 saturated carbocycles. The number of aliphatic hydroxyl groups is 1. The molecule has 2 aromatic carbocycles. The van der Waals surface area contributed by atoms with E-state index in [1.807, 2.05) is 25.1 Å². The Morgan fingerprint density at radius 3 is 2.50 bits per heavy atom. The van der Waals surface area contributed by atoms with Gasteiger partial charge in [0.1, 0.15) is 5.75 Å². The standard InChI is InChI=1S/C22H28N2O4/c1-14(2)19-10-5-7-15(3)21(19)24-20(26)13-28-18-9-6-8-17(11-18)22(27)23-12-16(4)25/h5-11,14,16,25H,12-13H2,1-4H3,(H,23,27)(H,24,26). The van der Waals surface area contributed by atoms with Crippen molar-refractivity contribution in [2.75, 3.05) is 18.5 Å². The number of amides is 2. The summed E-state index contributed by atoms with van der Waals surface area (Å²) in [6.07, 6.45) is -0.621. The normalized spacial score (nSPS) is 11.8. The van der Waals surface area contributed by atoms with Crippen LogP contribution in [0.4, 0.5) is 5.69 Å². The Kier molecular flexibility index (Phi) is 7.58. The molecule has 6 heteroatoms. The van der Waals surface area contributed by atoms with Crippen molar-refractivity contribution in [3.8, 4) is 5.75 Å². The first kappa shape index (κ1) is 21.4. The van der Waals surface area contributed by atoms with E-state index in [9.17, 15) is 14.7 Å². The zero-order valence-corrected chi connectivity index (χ0v) is 16.8. The summed E-state index contributed by atoms with van der Waals surface area (Å²) in [5.41, 5.74) is 3.29. The first-order valence-corrected chi connectivity index (χ1v) is 9.36. The molecule has 0 bridgehead atoms. The lowest BCUT2D eigenvalue weighted by Crippen LogP contribution is -2.30. The van der Waals surface area contributed by atoms with Crippen LogP contribution >= 0.6 is 0 Å². The number of aryl methyl sites for hydroxylation is 1. The smallest absolute Gasteiger partial charge is 0.262 e. The first-order valence-electron chi connectivity index (χ1n) is 9.36. The van der Waals surface area contributed by atoms with Crippen LogP contribution in [0.2, 0.25) is 0 Å². The number of ether oxygens (including phenoxy) is 1. The van der Waals surface area contributed by atoms with E-state index in [0.717, 1.165) is 16.8 Å². The molecular formula is C22H28N2O4. The van der Waals surface area contributed by atoms with Gasteiger partial charge < -0.3 is 20.5 Å². The molecule has 0 saturated heterocycles. The number of hydrogen-bond donors (Lipinski definition) is 3. The molecule has 0 radical (unpaired) electrons. The van der Waals surface area contributed by atoms with Gasteiger partial charge in [0, 0.05) is 17.8 Å². The lowest BCUT2D eigenvalue weighted by Gasteiger charge is -2.16. The number of carbonyl (C=O) groups is 2. The van der Waals surface area contributed by atoms with Crippen molar-refractivity contribution in [1.29, 1.82) is 0 Å². The average Bonchev–Trinajstić information content (AvgIpc) is 2.66. The Bertz CT molecular complexity index is 831. The van der Waals surface area contributed by atoms with Crippen LogP contribution in [0.15, 0.2) is 42.5 Å². The van der Waals surface area contributed by atoms with Crippen molar-refractivity contribution in [1.82, 2.24) is 5.32 Å². The van der Waals surface area contributed by atoms with Crippen molar-refractivity contribution in [2.24, 2.45) is 0 Å². The van der Waals surface area contributed by atoms with Crippen LogP contribution in [0.3, 0.4) is 0 Å². The molecule has 1 atom stereocenters. The van der Waals surface area contributed by atoms with E-state index in [0.29, 0.717) is 11.3 Å². The second-order valence-corrected chi connectivity index (χ2v) is 7.12. The molecule has 2 amide bonds. The molecule has 0 aliphatic carbocycles. The van der Waals surface area contributed by atoms with E-state index in [4.69, 9.17) is 4.74 Å². The monoisotopic (exact) mass is 384 g/mol. The fourth-order valence-electron chi connectivity index (χ4n) is 2.74. The Morgan fingerprint density at radius 2 is 1.82 bits per heavy atom. The highest BCUT2D eigenvalue weighted by Gasteiger charge is 2.13. The predicted octanol–water partition coefficient (Wildman–Crippen LogP) is 3.25. The van der Waals surface area contributed by atoms with Gasteiger partial charge in [-0.2, -0.15) is 0 Å². The van der Waals surface area contributed by atoms with Crippen LogP contribution in [0, 0.1) is 6.92 Å². The summed E-state index contributed by atoms with van der Waals surface area (Å²) in [6.45, 7) is 7.71. The largest absolute Gasteiger partial charge is 0.484 e. The van der Waals surface area contributed by atoms with Crippen LogP contribution < -0.4 is 15.4 Å². The van der Waals surface area contributed by atoms with Gasteiger partial charge in [-0.15, -0.1) is 0 Å². The summed E-state index contributed by atoms with van der Waals surface area (Å²) in [5, 5.41) is 14.8. The third kappa shape index (κ3) is 6.09. The molecule has 28 heavy (non-hydrogen) atoms. The molecule has 0 aliphatic heterocycles. The second kappa shape index (κ2) is 9.90. The fourth-order valence-corrected chi connectivity index (χ4v) is 2.74. The minimum absolute atomic E-state index is 0.162. The van der Waals surface area contributed by atoms with Gasteiger partial charge in [-0.25, -0.2) is 0 Å². The molecule has 2 aromatic rings. The van der Waals surface area contributed by atoms with Gasteiger partial charge in [0.2, 0.25) is 0 Å². The Hall–Kier alpha value is -2.86. The summed E-state index contributed by atoms with van der Waals surface area (Å²) >= 11 is 0. The summed E-state index contributed by atoms with van der Waals surface area (Å²) in [4.78, 5) is 24.4. The topological polar surface area (TPSA) is 87.7 Å². The molecule has 0 aromatic heterocycles. The number of carbonyl (C=O) groups excluding carboxylic acids is 2. The van der Waals surface area contributed by atoms with Crippen molar-refractivity contribution in [3.05, 3.63) is 59.2 Å². The fraction of sp³-hybridized carbons (Fsp3) is 0.364. The van der Waals surface area contributed by atoms with Gasteiger partial charge in [0.25, 0.3) is 11.8 Å². The predicted molar refractivity (Wildman–Crippen MR) is 110 cm³/mol. The Labute approximate surface area is 165 Å². The summed E-state index contributed by atoms with van der Waals surface area (Å²) in [6, 6.07) is 12.5. The SMILES string of the molecule is Cc1cccc(C(C)C)c1NC(=O)COc1cccc(C(=O)NCC(C)O)c1. The maximum absolute atomic E-state index is 12.4. The van der Waals surface area contributed by atoms with E-state index in [-0.39, 0.29) is 30.9 Å². The van der Waals surface area contributed by atoms with Crippen molar-refractivity contribution in [3.63, 3.8) is 0 Å². The number of nitrogens with one attached hydrogen (secondary N) is 2. The van der Waals surface area contributed by atoms with Gasteiger partial charge in [-0.05, 0) is 49.1 Å². The van der Waals surface area contributed by atoms with Gasteiger partial charge in [-0.3, -0.25) is 9.59 Å². The maximum atomic E-state index is 12.4. The molecule has 3 N–H and O–H groups in total. The van der Waals surface area contributed by atoms with Crippen LogP contribution in [-0.4, -0.2) is 36.2 Å². The first-order chi connectivity index (χ1) is 13.3. The lowest BCUT2D eigenvalue weighted by atomic mass is 9.98. The third-order valence-corrected chi connectivity index (χ3v) is 4.22. The minimum Gasteiger partial charge on any atom is -0.484 e. The van der Waals surface area contributed by atoms with Gasteiger partial charge >= 0.3 is 0 Å². The number of benzene rings is 2. The van der Waals surface area contributed by atoms with E-state index in [1.165, 1.54) is 0 Å². The Balaban J connectivity index is 1.99. The summed E-state index contributed by atoms with van der Waals surface area (Å²) in [5.74, 6) is 0.138. The number of aliphatic hydroxyl groups excluding tert-OH is 1.